The van der Waals surface area contributed by atoms with Gasteiger partial charge in [-0.05, 0) is 31.1 Å². The van der Waals surface area contributed by atoms with Crippen LogP contribution in [-0.2, 0) is 0 Å². The molecule has 0 rings (SSSR count). The Morgan fingerprint density at radius 1 is 0.882 bits per heavy atom. The fraction of sp³-hybridized carbons (Fsp3) is 0.333. The number of hydrogen-bond acceptors (Lipinski definition) is 0. The van der Waals surface area contributed by atoms with Crippen molar-refractivity contribution in [1.29, 1.82) is 0 Å². The van der Waals surface area contributed by atoms with Gasteiger partial charge in [0, 0.05) is 22.6 Å². The van der Waals surface area contributed by atoms with Crippen LogP contribution in [0, 0.1) is 0 Å². The van der Waals surface area contributed by atoms with Crippen LogP contribution in [0.25, 0.3) is 0 Å². The zero-order valence-electron chi connectivity index (χ0n) is 9.05. The highest BCUT2D eigenvalue weighted by atomic mass is 127. The molecule has 0 atom stereocenters. The topological polar surface area (TPSA) is 0 Å². The Morgan fingerprint density at radius 3 is 1.82 bits per heavy atom. The van der Waals surface area contributed by atoms with E-state index in [0.29, 0.717) is 18.6 Å². The number of rotatable bonds is 7. The largest absolute Gasteiger partial charge is 0.314 e. The lowest BCUT2D eigenvalue weighted by Crippen LogP contribution is -2.06. The average Bonchev–Trinajstić information content (AvgIpc) is 2.15. The molecule has 5 heteroatoms. The third-order valence-corrected chi connectivity index (χ3v) is 1.92. The zero-order valence-corrected chi connectivity index (χ0v) is 11.2. The molecule has 0 N–H and O–H groups in total. The minimum Gasteiger partial charge on any atom is -0.197 e. The van der Waals surface area contributed by atoms with E-state index in [9.17, 15) is 17.6 Å². The molecule has 0 aliphatic carbocycles. The summed E-state index contributed by atoms with van der Waals surface area (Å²) in [5, 5.41) is 0. The number of hydrogen-bond donors (Lipinski definition) is 0. The summed E-state index contributed by atoms with van der Waals surface area (Å²) < 4.78 is 47.7. The lowest BCUT2D eigenvalue weighted by Gasteiger charge is -2.04. The highest BCUT2D eigenvalue weighted by molar-refractivity contribution is 14.1. The van der Waals surface area contributed by atoms with Crippen molar-refractivity contribution < 1.29 is 17.6 Å². The van der Waals surface area contributed by atoms with Crippen molar-refractivity contribution in [2.24, 2.45) is 0 Å². The summed E-state index contributed by atoms with van der Waals surface area (Å²) >= 11 is 0.954. The Bertz CT molecular complexity index is 311. The second-order valence-electron chi connectivity index (χ2n) is 3.18. The number of halogens is 5. The maximum Gasteiger partial charge on any atom is 0.314 e. The lowest BCUT2D eigenvalue weighted by atomic mass is 10.2. The molecule has 0 bridgehead atoms. The molecule has 0 fully saturated rings. The molecule has 0 saturated heterocycles. The van der Waals surface area contributed by atoms with Gasteiger partial charge >= 0.3 is 3.93 Å². The van der Waals surface area contributed by atoms with Gasteiger partial charge in [-0.2, -0.15) is 17.6 Å². The third-order valence-electron chi connectivity index (χ3n) is 1.56. The van der Waals surface area contributed by atoms with E-state index in [1.54, 1.807) is 0 Å². The first kappa shape index (κ1) is 16.4. The molecule has 0 aliphatic heterocycles. The molecule has 0 spiro atoms. The molecule has 0 aromatic carbocycles. The van der Waals surface area contributed by atoms with Gasteiger partial charge in [-0.15, -0.1) is 6.58 Å². The molecule has 0 saturated carbocycles. The monoisotopic (exact) mass is 360 g/mol. The van der Waals surface area contributed by atoms with Crippen molar-refractivity contribution >= 4 is 22.6 Å². The molecule has 0 aromatic heterocycles. The molecule has 17 heavy (non-hydrogen) atoms. The van der Waals surface area contributed by atoms with E-state index in [1.807, 2.05) is 0 Å². The van der Waals surface area contributed by atoms with Gasteiger partial charge in [0.2, 0.25) is 0 Å². The van der Waals surface area contributed by atoms with Crippen LogP contribution in [-0.4, -0.2) is 9.85 Å². The smallest absolute Gasteiger partial charge is 0.197 e. The maximum atomic E-state index is 13.0. The quantitative estimate of drug-likeness (QED) is 0.251. The van der Waals surface area contributed by atoms with Gasteiger partial charge in [-0.3, -0.25) is 0 Å². The fourth-order valence-corrected chi connectivity index (χ4v) is 1.14. The average molecular weight is 360 g/mol. The summed E-state index contributed by atoms with van der Waals surface area (Å²) in [6.07, 6.45) is 7.61. The summed E-state index contributed by atoms with van der Waals surface area (Å²) in [4.78, 5) is 0. The molecule has 0 unspecified atom stereocenters. The molecular formula is C12H13F4I. The molecule has 0 nitrogen and oxygen atoms in total. The summed E-state index contributed by atoms with van der Waals surface area (Å²) in [5.74, 6) is -3.05. The van der Waals surface area contributed by atoms with Crippen molar-refractivity contribution in [3.63, 3.8) is 0 Å². The van der Waals surface area contributed by atoms with Crippen LogP contribution < -0.4 is 0 Å². The Hall–Kier alpha value is -0.590. The van der Waals surface area contributed by atoms with Gasteiger partial charge in [-0.1, -0.05) is 24.3 Å². The van der Waals surface area contributed by atoms with Gasteiger partial charge < -0.3 is 0 Å². The van der Waals surface area contributed by atoms with Gasteiger partial charge in [0.1, 0.15) is 0 Å². The van der Waals surface area contributed by atoms with Gasteiger partial charge in [0.25, 0.3) is 5.92 Å². The normalized spacial score (nSPS) is 14.2. The summed E-state index contributed by atoms with van der Waals surface area (Å²) in [6.45, 7) is 3.39. The Balaban J connectivity index is 4.14. The third kappa shape index (κ3) is 11.7. The molecule has 0 amide bonds. The second-order valence-corrected chi connectivity index (χ2v) is 4.62. The predicted octanol–water partition coefficient (Wildman–Crippen LogP) is 5.28. The predicted molar refractivity (Wildman–Crippen MR) is 70.8 cm³/mol. The molecular weight excluding hydrogens is 347 g/mol. The number of alkyl halides is 5. The van der Waals surface area contributed by atoms with Crippen molar-refractivity contribution in [3.05, 3.63) is 49.1 Å². The van der Waals surface area contributed by atoms with E-state index >= 15 is 0 Å². The van der Waals surface area contributed by atoms with E-state index in [4.69, 9.17) is 0 Å². The minimum atomic E-state index is -3.05. The first-order valence-electron chi connectivity index (χ1n) is 4.85. The first-order valence-corrected chi connectivity index (χ1v) is 5.93. The number of allylic oxidation sites excluding steroid dienone is 7. The van der Waals surface area contributed by atoms with Gasteiger partial charge in [-0.25, -0.2) is 0 Å². The molecule has 96 valence electrons. The van der Waals surface area contributed by atoms with Crippen LogP contribution in [0.4, 0.5) is 17.6 Å². The van der Waals surface area contributed by atoms with E-state index in [-0.39, 0.29) is 6.42 Å². The molecule has 0 heterocycles. The minimum absolute atomic E-state index is 0.0451. The zero-order chi connectivity index (χ0) is 13.4. The Morgan fingerprint density at radius 2 is 1.35 bits per heavy atom. The SMILES string of the molecule is C=CC/C=C/C(F)(F)/C=C/C/C=C/C(F)(F)I. The van der Waals surface area contributed by atoms with Crippen LogP contribution in [0.3, 0.4) is 0 Å². The maximum absolute atomic E-state index is 13.0. The Kier molecular flexibility index (Phi) is 7.41. The highest BCUT2D eigenvalue weighted by Crippen LogP contribution is 2.24. The lowest BCUT2D eigenvalue weighted by molar-refractivity contribution is 0.111. The molecule has 0 aromatic rings. The summed E-state index contributed by atoms with van der Waals surface area (Å²) in [6, 6.07) is 0. The van der Waals surface area contributed by atoms with Gasteiger partial charge in [0.05, 0.1) is 0 Å². The van der Waals surface area contributed by atoms with Crippen LogP contribution in [0.5, 0.6) is 0 Å². The van der Waals surface area contributed by atoms with E-state index < -0.39 is 9.85 Å². The summed E-state index contributed by atoms with van der Waals surface area (Å²) in [7, 11) is 0. The van der Waals surface area contributed by atoms with E-state index in [1.165, 1.54) is 12.2 Å². The standard InChI is InChI=1S/C12H13F4I/c1-2-3-5-8-11(13,14)9-6-4-7-10-12(15,16)17/h2,5-10H,1,3-4H2/b8-5+,9-6+,10-7+. The van der Waals surface area contributed by atoms with Crippen LogP contribution in [0.1, 0.15) is 12.8 Å². The van der Waals surface area contributed by atoms with Crippen molar-refractivity contribution in [2.45, 2.75) is 22.7 Å². The molecule has 0 aliphatic rings. The van der Waals surface area contributed by atoms with E-state index in [2.05, 4.69) is 6.58 Å². The van der Waals surface area contributed by atoms with Gasteiger partial charge in [0.15, 0.2) is 0 Å². The van der Waals surface area contributed by atoms with Crippen molar-refractivity contribution in [1.82, 2.24) is 0 Å². The van der Waals surface area contributed by atoms with E-state index in [0.717, 1.165) is 40.8 Å². The second kappa shape index (κ2) is 7.68. The van der Waals surface area contributed by atoms with Crippen LogP contribution in [0.2, 0.25) is 0 Å². The first-order chi connectivity index (χ1) is 7.77. The van der Waals surface area contributed by atoms with Crippen LogP contribution >= 0.6 is 22.6 Å². The molecule has 0 radical (unpaired) electrons. The van der Waals surface area contributed by atoms with Crippen molar-refractivity contribution in [3.8, 4) is 0 Å². The van der Waals surface area contributed by atoms with Crippen molar-refractivity contribution in [2.75, 3.05) is 0 Å². The van der Waals surface area contributed by atoms with Crippen LogP contribution in [0.15, 0.2) is 49.1 Å². The fourth-order valence-electron chi connectivity index (χ4n) is 0.882. The summed E-state index contributed by atoms with van der Waals surface area (Å²) in [5.41, 5.74) is 0. The Labute approximate surface area is 112 Å². The highest BCUT2D eigenvalue weighted by Gasteiger charge is 2.19.